The maximum absolute atomic E-state index is 2.52. The van der Waals surface area contributed by atoms with Gasteiger partial charge in [-0.25, -0.2) is 0 Å². The molecule has 4 fully saturated rings. The summed E-state index contributed by atoms with van der Waals surface area (Å²) >= 11 is -0.836. The van der Waals surface area contributed by atoms with Gasteiger partial charge >= 0.3 is 243 Å². The molecule has 3 aromatic carbocycles. The van der Waals surface area contributed by atoms with Gasteiger partial charge in [0.1, 0.15) is 0 Å². The Bertz CT molecular complexity index is 1190. The predicted octanol–water partition coefficient (Wildman–Crippen LogP) is 9.92. The molecule has 7 rings (SSSR count). The molecule has 3 unspecified atom stereocenters. The normalized spacial score (nSPS) is 25.4. The number of rotatable bonds is 8. The van der Waals surface area contributed by atoms with Crippen molar-refractivity contribution in [2.75, 3.05) is 0 Å². The molecule has 4 bridgehead atoms. The van der Waals surface area contributed by atoms with Crippen LogP contribution in [-0.4, -0.2) is 21.1 Å². The molecule has 4 aliphatic rings. The van der Waals surface area contributed by atoms with E-state index in [1.807, 2.05) is 3.58 Å². The van der Waals surface area contributed by atoms with E-state index in [1.54, 1.807) is 35.1 Å². The zero-order chi connectivity index (χ0) is 26.9. The summed E-state index contributed by atoms with van der Waals surface area (Å²) in [5.41, 5.74) is 12.5. The predicted molar refractivity (Wildman–Crippen MR) is 166 cm³/mol. The summed E-state index contributed by atoms with van der Waals surface area (Å²) in [4.78, 5) is 0. The van der Waals surface area contributed by atoms with E-state index in [0.29, 0.717) is 23.7 Å². The van der Waals surface area contributed by atoms with Crippen molar-refractivity contribution in [3.05, 3.63) is 76.9 Å². The van der Waals surface area contributed by atoms with Crippen molar-refractivity contribution in [3.8, 4) is 22.3 Å². The van der Waals surface area contributed by atoms with Crippen molar-refractivity contribution in [1.29, 1.82) is 0 Å². The van der Waals surface area contributed by atoms with Crippen LogP contribution in [0, 0.1) is 23.7 Å². The van der Waals surface area contributed by atoms with Gasteiger partial charge in [-0.2, -0.15) is 0 Å². The molecule has 0 aromatic heterocycles. The van der Waals surface area contributed by atoms with E-state index in [4.69, 9.17) is 0 Å². The molecule has 3 atom stereocenters. The van der Waals surface area contributed by atoms with Crippen LogP contribution < -0.4 is 3.58 Å². The summed E-state index contributed by atoms with van der Waals surface area (Å²) in [6, 6.07) is 21.7. The van der Waals surface area contributed by atoms with E-state index >= 15 is 0 Å². The third-order valence-corrected chi connectivity index (χ3v) is 15.9. The molecule has 0 heterocycles. The first-order valence-electron chi connectivity index (χ1n) is 15.3. The first-order valence-corrected chi connectivity index (χ1v) is 18.4. The third-order valence-electron chi connectivity index (χ3n) is 10.1. The standard InChI is InChI=1S/C30H37.C7H9.Sn/c1-19(2)25-14-10-15-26(20(3)4)29(25)23-12-9-13-24(18-23)30-27(21(5)6)16-11-17-28(30)22(7)8;1-4-2-6-5(1)7(6)3-4;/h9-17,19-22H,1-8H3;1,4-7H,2-3H2;. The Morgan fingerprint density at radius 2 is 0.921 bits per heavy atom. The van der Waals surface area contributed by atoms with Gasteiger partial charge < -0.3 is 0 Å². The molecule has 0 spiro atoms. The molecule has 0 aliphatic heterocycles. The third kappa shape index (κ3) is 4.32. The fourth-order valence-corrected chi connectivity index (χ4v) is 14.7. The number of benzene rings is 3. The molecule has 198 valence electrons. The quantitative estimate of drug-likeness (QED) is 0.223. The Hall–Kier alpha value is -1.54. The Kier molecular flexibility index (Phi) is 7.11. The van der Waals surface area contributed by atoms with Gasteiger partial charge in [-0.1, -0.05) is 0 Å². The van der Waals surface area contributed by atoms with Crippen molar-refractivity contribution in [2.24, 2.45) is 23.7 Å². The van der Waals surface area contributed by atoms with Crippen LogP contribution in [0.4, 0.5) is 0 Å². The van der Waals surface area contributed by atoms with Crippen molar-refractivity contribution >= 4 is 24.7 Å². The summed E-state index contributed by atoms with van der Waals surface area (Å²) in [5.74, 6) is 6.41. The average molecular weight is 609 g/mol. The molecule has 2 radical (unpaired) electrons. The van der Waals surface area contributed by atoms with Gasteiger partial charge in [0.15, 0.2) is 0 Å². The molecule has 0 N–H and O–H groups in total. The molecule has 0 nitrogen and oxygen atoms in total. The SMILES string of the molecule is CC(C)c1cccc(C(C)C)c1-c1cccc(-c2c(C(C)C)cccc2C(C)C)[c]1[Sn][CH]1C2CC3C(C2)C31. The van der Waals surface area contributed by atoms with Crippen molar-refractivity contribution in [1.82, 2.24) is 0 Å². The molecule has 1 heteroatoms. The first kappa shape index (κ1) is 26.7. The van der Waals surface area contributed by atoms with Crippen LogP contribution in [0.25, 0.3) is 22.3 Å². The first-order chi connectivity index (χ1) is 18.2. The monoisotopic (exact) mass is 610 g/mol. The topological polar surface area (TPSA) is 0 Å². The minimum absolute atomic E-state index is 0.520. The second-order valence-corrected chi connectivity index (χ2v) is 17.9. The molecular weight excluding hydrogens is 563 g/mol. The second-order valence-electron chi connectivity index (χ2n) is 13.8. The summed E-state index contributed by atoms with van der Waals surface area (Å²) < 4.78 is 2.86. The Morgan fingerprint density at radius 3 is 1.24 bits per heavy atom. The average Bonchev–Trinajstić information content (AvgIpc) is 3.18. The van der Waals surface area contributed by atoms with E-state index in [9.17, 15) is 0 Å². The molecule has 0 saturated heterocycles. The van der Waals surface area contributed by atoms with Crippen LogP contribution in [0.15, 0.2) is 54.6 Å². The van der Waals surface area contributed by atoms with Crippen LogP contribution in [0.5, 0.6) is 0 Å². The molecular formula is C37H46Sn. The van der Waals surface area contributed by atoms with E-state index in [2.05, 4.69) is 110 Å². The van der Waals surface area contributed by atoms with Gasteiger partial charge in [-0.3, -0.25) is 0 Å². The van der Waals surface area contributed by atoms with Crippen molar-refractivity contribution < 1.29 is 0 Å². The van der Waals surface area contributed by atoms with E-state index in [-0.39, 0.29) is 0 Å². The van der Waals surface area contributed by atoms with Gasteiger partial charge in [0, 0.05) is 0 Å². The number of hydrogen-bond acceptors (Lipinski definition) is 0. The van der Waals surface area contributed by atoms with Crippen LogP contribution in [-0.2, 0) is 0 Å². The second kappa shape index (κ2) is 10.1. The Balaban J connectivity index is 1.63. The molecule has 4 aliphatic carbocycles. The molecule has 0 amide bonds. The maximum atomic E-state index is 2.52. The van der Waals surface area contributed by atoms with Gasteiger partial charge in [0.25, 0.3) is 0 Å². The zero-order valence-electron chi connectivity index (χ0n) is 24.8. The summed E-state index contributed by atoms with van der Waals surface area (Å²) in [5, 5.41) is 0. The summed E-state index contributed by atoms with van der Waals surface area (Å²) in [6.07, 6.45) is 3.11. The molecule has 4 saturated carbocycles. The fraction of sp³-hybridized carbons (Fsp3) is 0.514. The molecule has 3 aromatic rings. The van der Waals surface area contributed by atoms with E-state index in [1.165, 1.54) is 22.3 Å². The number of hydrogen-bond donors (Lipinski definition) is 0. The molecule has 38 heavy (non-hydrogen) atoms. The van der Waals surface area contributed by atoms with E-state index < -0.39 is 21.1 Å². The van der Waals surface area contributed by atoms with Crippen molar-refractivity contribution in [3.63, 3.8) is 0 Å². The summed E-state index contributed by atoms with van der Waals surface area (Å²) in [7, 11) is 0. The Labute approximate surface area is 242 Å². The van der Waals surface area contributed by atoms with Gasteiger partial charge in [-0.05, 0) is 0 Å². The van der Waals surface area contributed by atoms with Gasteiger partial charge in [-0.15, -0.1) is 0 Å². The van der Waals surface area contributed by atoms with Crippen LogP contribution in [0.3, 0.4) is 0 Å². The van der Waals surface area contributed by atoms with Crippen LogP contribution in [0.1, 0.15) is 114 Å². The fourth-order valence-electron chi connectivity index (χ4n) is 8.30. The van der Waals surface area contributed by atoms with Crippen LogP contribution in [0.2, 0.25) is 3.93 Å². The van der Waals surface area contributed by atoms with Gasteiger partial charge in [0.2, 0.25) is 0 Å². The summed E-state index contributed by atoms with van der Waals surface area (Å²) in [6.45, 7) is 19.1. The Morgan fingerprint density at radius 1 is 0.553 bits per heavy atom. The van der Waals surface area contributed by atoms with Crippen molar-refractivity contribution in [2.45, 2.75) is 95.8 Å². The van der Waals surface area contributed by atoms with E-state index in [0.717, 1.165) is 27.6 Å². The zero-order valence-corrected chi connectivity index (χ0v) is 27.7. The minimum atomic E-state index is -0.836. The van der Waals surface area contributed by atoms with Crippen LogP contribution >= 0.6 is 0 Å². The van der Waals surface area contributed by atoms with Gasteiger partial charge in [0.05, 0.1) is 0 Å².